The molecule has 0 spiro atoms. The van der Waals surface area contributed by atoms with E-state index in [1.54, 1.807) is 6.26 Å². The molecule has 2 aromatic rings. The maximum absolute atomic E-state index is 5.64. The van der Waals surface area contributed by atoms with Gasteiger partial charge in [0.15, 0.2) is 0 Å². The lowest BCUT2D eigenvalue weighted by Crippen LogP contribution is -2.29. The molecule has 1 atom stereocenters. The van der Waals surface area contributed by atoms with Gasteiger partial charge in [-0.15, -0.1) is 0 Å². The van der Waals surface area contributed by atoms with E-state index in [9.17, 15) is 0 Å². The number of ether oxygens (including phenoxy) is 1. The lowest BCUT2D eigenvalue weighted by molar-refractivity contribution is 0.330. The van der Waals surface area contributed by atoms with Crippen molar-refractivity contribution in [3.63, 3.8) is 0 Å². The second-order valence-corrected chi connectivity index (χ2v) is 4.56. The summed E-state index contributed by atoms with van der Waals surface area (Å²) in [5, 5.41) is 0. The molecule has 96 valence electrons. The fourth-order valence-electron chi connectivity index (χ4n) is 1.82. The van der Waals surface area contributed by atoms with Crippen molar-refractivity contribution in [2.24, 2.45) is 5.84 Å². The van der Waals surface area contributed by atoms with Gasteiger partial charge in [0.05, 0.1) is 17.3 Å². The Bertz CT molecular complexity index is 513. The Morgan fingerprint density at radius 1 is 1.39 bits per heavy atom. The van der Waals surface area contributed by atoms with Gasteiger partial charge in [0.1, 0.15) is 17.6 Å². The predicted molar refractivity (Wildman–Crippen MR) is 73.2 cm³/mol. The Labute approximate surface area is 114 Å². The molecule has 0 radical (unpaired) electrons. The number of hydrazine groups is 1. The number of para-hydroxylation sites is 1. The molecule has 5 heteroatoms. The number of furan rings is 1. The van der Waals surface area contributed by atoms with Crippen LogP contribution < -0.4 is 16.0 Å². The third kappa shape index (κ3) is 2.58. The van der Waals surface area contributed by atoms with E-state index in [-0.39, 0.29) is 6.04 Å². The average Bonchev–Trinajstić information content (AvgIpc) is 2.79. The molecule has 4 nitrogen and oxygen atoms in total. The van der Waals surface area contributed by atoms with E-state index in [1.165, 1.54) is 0 Å². The first-order valence-corrected chi connectivity index (χ1v) is 6.48. The van der Waals surface area contributed by atoms with E-state index >= 15 is 0 Å². The minimum atomic E-state index is -0.253. The van der Waals surface area contributed by atoms with Gasteiger partial charge in [-0.25, -0.2) is 5.43 Å². The van der Waals surface area contributed by atoms with Gasteiger partial charge in [-0.3, -0.25) is 5.84 Å². The van der Waals surface area contributed by atoms with Gasteiger partial charge < -0.3 is 9.15 Å². The van der Waals surface area contributed by atoms with E-state index in [2.05, 4.69) is 21.4 Å². The quantitative estimate of drug-likeness (QED) is 0.658. The predicted octanol–water partition coefficient (Wildman–Crippen LogP) is 2.99. The van der Waals surface area contributed by atoms with Crippen LogP contribution in [0.15, 0.2) is 45.5 Å². The molecule has 0 aliphatic rings. The molecule has 18 heavy (non-hydrogen) atoms. The summed E-state index contributed by atoms with van der Waals surface area (Å²) in [5.74, 6) is 7.17. The first-order chi connectivity index (χ1) is 8.77. The highest BCUT2D eigenvalue weighted by Gasteiger charge is 2.21. The zero-order chi connectivity index (χ0) is 13.0. The van der Waals surface area contributed by atoms with Crippen LogP contribution in [-0.2, 0) is 0 Å². The van der Waals surface area contributed by atoms with Crippen LogP contribution in [0.4, 0.5) is 0 Å². The minimum Gasteiger partial charge on any atom is -0.494 e. The molecule has 0 aliphatic heterocycles. The lowest BCUT2D eigenvalue weighted by Gasteiger charge is -2.18. The van der Waals surface area contributed by atoms with E-state index in [0.717, 1.165) is 21.5 Å². The molecule has 1 heterocycles. The summed E-state index contributed by atoms with van der Waals surface area (Å²) >= 11 is 3.44. The Kier molecular flexibility index (Phi) is 4.41. The van der Waals surface area contributed by atoms with Crippen LogP contribution >= 0.6 is 15.9 Å². The first kappa shape index (κ1) is 13.1. The SMILES string of the molecule is CCOc1ccccc1C(NN)c1occc1Br. The zero-order valence-corrected chi connectivity index (χ0v) is 11.6. The Balaban J connectivity index is 2.42. The number of nitrogens with one attached hydrogen (secondary N) is 1. The largest absolute Gasteiger partial charge is 0.494 e. The van der Waals surface area contributed by atoms with Gasteiger partial charge in [0.2, 0.25) is 0 Å². The molecular weight excluding hydrogens is 296 g/mol. The van der Waals surface area contributed by atoms with Crippen LogP contribution in [0.25, 0.3) is 0 Å². The average molecular weight is 311 g/mol. The summed E-state index contributed by atoms with van der Waals surface area (Å²) in [6.07, 6.45) is 1.62. The van der Waals surface area contributed by atoms with Crippen molar-refractivity contribution in [2.45, 2.75) is 13.0 Å². The number of nitrogens with two attached hydrogens (primary N) is 1. The van der Waals surface area contributed by atoms with E-state index in [1.807, 2.05) is 37.3 Å². The molecule has 2 rings (SSSR count). The normalized spacial score (nSPS) is 12.4. The van der Waals surface area contributed by atoms with Crippen molar-refractivity contribution < 1.29 is 9.15 Å². The topological polar surface area (TPSA) is 60.4 Å². The van der Waals surface area contributed by atoms with Gasteiger partial charge in [-0.1, -0.05) is 18.2 Å². The van der Waals surface area contributed by atoms with Gasteiger partial charge >= 0.3 is 0 Å². The summed E-state index contributed by atoms with van der Waals surface area (Å²) in [7, 11) is 0. The summed E-state index contributed by atoms with van der Waals surface area (Å²) in [4.78, 5) is 0. The number of hydrogen-bond acceptors (Lipinski definition) is 4. The molecule has 0 saturated carbocycles. The van der Waals surface area contributed by atoms with Crippen LogP contribution in [0.2, 0.25) is 0 Å². The second kappa shape index (κ2) is 6.04. The third-order valence-corrected chi connectivity index (χ3v) is 3.26. The molecular formula is C13H15BrN2O2. The Morgan fingerprint density at radius 3 is 2.78 bits per heavy atom. The molecule has 1 aromatic heterocycles. The number of benzene rings is 1. The molecule has 3 N–H and O–H groups in total. The van der Waals surface area contributed by atoms with Crippen molar-refractivity contribution in [3.05, 3.63) is 52.4 Å². The van der Waals surface area contributed by atoms with E-state index in [4.69, 9.17) is 15.0 Å². The summed E-state index contributed by atoms with van der Waals surface area (Å²) < 4.78 is 11.9. The Morgan fingerprint density at radius 2 is 2.17 bits per heavy atom. The molecule has 0 fully saturated rings. The highest BCUT2D eigenvalue weighted by atomic mass is 79.9. The molecule has 1 unspecified atom stereocenters. The molecule has 0 amide bonds. The maximum atomic E-state index is 5.64. The van der Waals surface area contributed by atoms with Crippen molar-refractivity contribution in [1.29, 1.82) is 0 Å². The van der Waals surface area contributed by atoms with E-state index < -0.39 is 0 Å². The lowest BCUT2D eigenvalue weighted by atomic mass is 10.0. The highest BCUT2D eigenvalue weighted by molar-refractivity contribution is 9.10. The molecule has 0 saturated heterocycles. The Hall–Kier alpha value is -1.30. The number of hydrogen-bond donors (Lipinski definition) is 2. The van der Waals surface area contributed by atoms with Crippen LogP contribution in [0, 0.1) is 0 Å². The van der Waals surface area contributed by atoms with Gasteiger partial charge in [0.25, 0.3) is 0 Å². The highest BCUT2D eigenvalue weighted by Crippen LogP contribution is 2.33. The molecule has 0 aliphatic carbocycles. The summed E-state index contributed by atoms with van der Waals surface area (Å²) in [6, 6.07) is 9.34. The zero-order valence-electron chi connectivity index (χ0n) is 10.0. The van der Waals surface area contributed by atoms with E-state index in [0.29, 0.717) is 6.61 Å². The van der Waals surface area contributed by atoms with Crippen molar-refractivity contribution in [1.82, 2.24) is 5.43 Å². The van der Waals surface area contributed by atoms with Crippen LogP contribution in [-0.4, -0.2) is 6.61 Å². The van der Waals surface area contributed by atoms with Gasteiger partial charge in [-0.05, 0) is 35.0 Å². The molecule has 1 aromatic carbocycles. The van der Waals surface area contributed by atoms with Gasteiger partial charge in [-0.2, -0.15) is 0 Å². The van der Waals surface area contributed by atoms with Crippen LogP contribution in [0.3, 0.4) is 0 Å². The fraction of sp³-hybridized carbons (Fsp3) is 0.231. The fourth-order valence-corrected chi connectivity index (χ4v) is 2.25. The summed E-state index contributed by atoms with van der Waals surface area (Å²) in [5.41, 5.74) is 3.70. The van der Waals surface area contributed by atoms with Gasteiger partial charge in [0, 0.05) is 5.56 Å². The smallest absolute Gasteiger partial charge is 0.140 e. The minimum absolute atomic E-state index is 0.253. The van der Waals surface area contributed by atoms with Crippen LogP contribution in [0.5, 0.6) is 5.75 Å². The van der Waals surface area contributed by atoms with Crippen molar-refractivity contribution >= 4 is 15.9 Å². The van der Waals surface area contributed by atoms with Crippen molar-refractivity contribution in [3.8, 4) is 5.75 Å². The standard InChI is InChI=1S/C13H15BrN2O2/c1-2-17-11-6-4-3-5-9(11)12(16-15)13-10(14)7-8-18-13/h3-8,12,16H,2,15H2,1H3. The van der Waals surface area contributed by atoms with Crippen molar-refractivity contribution in [2.75, 3.05) is 6.61 Å². The summed E-state index contributed by atoms with van der Waals surface area (Å²) in [6.45, 7) is 2.55. The number of halogens is 1. The monoisotopic (exact) mass is 310 g/mol. The van der Waals surface area contributed by atoms with Crippen LogP contribution in [0.1, 0.15) is 24.3 Å². The third-order valence-electron chi connectivity index (χ3n) is 2.60. The first-order valence-electron chi connectivity index (χ1n) is 5.68. The molecule has 0 bridgehead atoms. The second-order valence-electron chi connectivity index (χ2n) is 3.70. The maximum Gasteiger partial charge on any atom is 0.140 e. The number of rotatable bonds is 5.